The van der Waals surface area contributed by atoms with Crippen molar-refractivity contribution in [1.82, 2.24) is 0 Å². The fourth-order valence-corrected chi connectivity index (χ4v) is 1.41. The molecule has 0 unspecified atom stereocenters. The van der Waals surface area contributed by atoms with E-state index in [1.165, 1.54) is 6.07 Å². The Labute approximate surface area is 102 Å². The molecule has 0 saturated heterocycles. The molecular weight excluding hydrogens is 309 g/mol. The van der Waals surface area contributed by atoms with Crippen LogP contribution in [0.1, 0.15) is 0 Å². The molecule has 0 aliphatic heterocycles. The smallest absolute Gasteiger partial charge is 0.481 e. The van der Waals surface area contributed by atoms with E-state index in [4.69, 9.17) is 9.84 Å². The SMILES string of the molecule is O=C(O)COc1ccc(OC(F)(F)F)cc1Br. The largest absolute Gasteiger partial charge is 0.573 e. The summed E-state index contributed by atoms with van der Waals surface area (Å²) < 4.78 is 44.3. The molecule has 0 amide bonds. The summed E-state index contributed by atoms with van der Waals surface area (Å²) in [6.45, 7) is -0.585. The summed E-state index contributed by atoms with van der Waals surface area (Å²) >= 11 is 2.94. The minimum Gasteiger partial charge on any atom is -0.481 e. The van der Waals surface area contributed by atoms with Gasteiger partial charge in [-0.15, -0.1) is 13.2 Å². The summed E-state index contributed by atoms with van der Waals surface area (Å²) in [7, 11) is 0. The highest BCUT2D eigenvalue weighted by atomic mass is 79.9. The minimum absolute atomic E-state index is 0.113. The Morgan fingerprint density at radius 1 is 1.41 bits per heavy atom. The van der Waals surface area contributed by atoms with Crippen molar-refractivity contribution in [3.05, 3.63) is 22.7 Å². The lowest BCUT2D eigenvalue weighted by Gasteiger charge is -2.11. The first kappa shape index (κ1) is 13.6. The van der Waals surface area contributed by atoms with Crippen molar-refractivity contribution in [1.29, 1.82) is 0 Å². The number of halogens is 4. The Morgan fingerprint density at radius 2 is 2.06 bits per heavy atom. The maximum absolute atomic E-state index is 11.9. The molecule has 0 fully saturated rings. The monoisotopic (exact) mass is 314 g/mol. The highest BCUT2D eigenvalue weighted by molar-refractivity contribution is 9.10. The second-order valence-electron chi connectivity index (χ2n) is 2.82. The minimum atomic E-state index is -4.77. The zero-order valence-corrected chi connectivity index (χ0v) is 9.71. The van der Waals surface area contributed by atoms with Gasteiger partial charge in [0.15, 0.2) is 6.61 Å². The summed E-state index contributed by atoms with van der Waals surface area (Å²) in [6.07, 6.45) is -4.77. The van der Waals surface area contributed by atoms with Crippen molar-refractivity contribution in [3.8, 4) is 11.5 Å². The van der Waals surface area contributed by atoms with Gasteiger partial charge in [0, 0.05) is 0 Å². The van der Waals surface area contributed by atoms with Gasteiger partial charge in [-0.1, -0.05) is 0 Å². The number of hydrogen-bond donors (Lipinski definition) is 1. The van der Waals surface area contributed by atoms with Crippen molar-refractivity contribution < 1.29 is 32.5 Å². The second kappa shape index (κ2) is 5.26. The van der Waals surface area contributed by atoms with Crippen molar-refractivity contribution >= 4 is 21.9 Å². The van der Waals surface area contributed by atoms with Crippen molar-refractivity contribution in [2.75, 3.05) is 6.61 Å². The molecule has 17 heavy (non-hydrogen) atoms. The summed E-state index contributed by atoms with van der Waals surface area (Å²) in [6, 6.07) is 3.23. The third-order valence-electron chi connectivity index (χ3n) is 1.49. The molecule has 4 nitrogen and oxygen atoms in total. The molecule has 0 aliphatic rings. The zero-order chi connectivity index (χ0) is 13.1. The number of alkyl halides is 3. The first-order valence-electron chi connectivity index (χ1n) is 4.18. The Bertz CT molecular complexity index is 419. The highest BCUT2D eigenvalue weighted by Gasteiger charge is 2.31. The lowest BCUT2D eigenvalue weighted by molar-refractivity contribution is -0.274. The van der Waals surface area contributed by atoms with Gasteiger partial charge in [0.25, 0.3) is 0 Å². The Balaban J connectivity index is 2.76. The van der Waals surface area contributed by atoms with Gasteiger partial charge in [-0.25, -0.2) is 4.79 Å². The Kier molecular flexibility index (Phi) is 4.22. The lowest BCUT2D eigenvalue weighted by Crippen LogP contribution is -2.17. The van der Waals surface area contributed by atoms with Crippen LogP contribution in [0.5, 0.6) is 11.5 Å². The lowest BCUT2D eigenvalue weighted by atomic mass is 10.3. The molecule has 8 heteroatoms. The Morgan fingerprint density at radius 3 is 2.53 bits per heavy atom. The van der Waals surface area contributed by atoms with Gasteiger partial charge in [-0.2, -0.15) is 0 Å². The molecule has 1 N–H and O–H groups in total. The van der Waals surface area contributed by atoms with Gasteiger partial charge in [0.1, 0.15) is 11.5 Å². The van der Waals surface area contributed by atoms with E-state index in [-0.39, 0.29) is 10.2 Å². The van der Waals surface area contributed by atoms with Crippen LogP contribution in [0, 0.1) is 0 Å². The van der Waals surface area contributed by atoms with Crippen LogP contribution >= 0.6 is 15.9 Å². The van der Waals surface area contributed by atoms with Crippen molar-refractivity contribution in [3.63, 3.8) is 0 Å². The first-order valence-corrected chi connectivity index (χ1v) is 4.97. The van der Waals surface area contributed by atoms with Gasteiger partial charge in [0.05, 0.1) is 4.47 Å². The van der Waals surface area contributed by atoms with Crippen molar-refractivity contribution in [2.24, 2.45) is 0 Å². The number of ether oxygens (including phenoxy) is 2. The zero-order valence-electron chi connectivity index (χ0n) is 8.12. The van der Waals surface area contributed by atoms with Gasteiger partial charge in [-0.3, -0.25) is 0 Å². The van der Waals surface area contributed by atoms with Gasteiger partial charge < -0.3 is 14.6 Å². The number of carboxylic acid groups (broad SMARTS) is 1. The van der Waals surface area contributed by atoms with E-state index < -0.39 is 24.7 Å². The van der Waals surface area contributed by atoms with Crippen LogP contribution in [0.3, 0.4) is 0 Å². The number of aliphatic carboxylic acids is 1. The van der Waals surface area contributed by atoms with E-state index in [1.807, 2.05) is 0 Å². The number of rotatable bonds is 4. The molecule has 1 aromatic rings. The van der Waals surface area contributed by atoms with Gasteiger partial charge >= 0.3 is 12.3 Å². The average molecular weight is 315 g/mol. The van der Waals surface area contributed by atoms with E-state index >= 15 is 0 Å². The van der Waals surface area contributed by atoms with Crippen LogP contribution in [0.25, 0.3) is 0 Å². The molecule has 0 atom stereocenters. The molecule has 0 aromatic heterocycles. The van der Waals surface area contributed by atoms with Crippen LogP contribution in [0.2, 0.25) is 0 Å². The summed E-state index contributed by atoms with van der Waals surface area (Å²) in [5.41, 5.74) is 0. The van der Waals surface area contributed by atoms with Gasteiger partial charge in [-0.05, 0) is 34.1 Å². The summed E-state index contributed by atoms with van der Waals surface area (Å²) in [5.74, 6) is -1.50. The van der Waals surface area contributed by atoms with Crippen LogP contribution in [-0.4, -0.2) is 24.0 Å². The second-order valence-corrected chi connectivity index (χ2v) is 3.68. The molecule has 1 rings (SSSR count). The average Bonchev–Trinajstić information content (AvgIpc) is 2.13. The van der Waals surface area contributed by atoms with E-state index in [2.05, 4.69) is 20.7 Å². The van der Waals surface area contributed by atoms with Crippen LogP contribution in [0.15, 0.2) is 22.7 Å². The van der Waals surface area contributed by atoms with Crippen LogP contribution in [-0.2, 0) is 4.79 Å². The van der Waals surface area contributed by atoms with E-state index in [1.54, 1.807) is 0 Å². The predicted octanol–water partition coefficient (Wildman–Crippen LogP) is 2.81. The normalized spacial score (nSPS) is 11.1. The van der Waals surface area contributed by atoms with Crippen molar-refractivity contribution in [2.45, 2.75) is 6.36 Å². The Hall–Kier alpha value is -1.44. The first-order chi connectivity index (χ1) is 7.78. The fourth-order valence-electron chi connectivity index (χ4n) is 0.935. The number of hydrogen-bond acceptors (Lipinski definition) is 3. The third-order valence-corrected chi connectivity index (χ3v) is 2.11. The third kappa shape index (κ3) is 4.94. The maximum Gasteiger partial charge on any atom is 0.573 e. The molecule has 0 aliphatic carbocycles. The molecule has 0 bridgehead atoms. The van der Waals surface area contributed by atoms with Gasteiger partial charge in [0.2, 0.25) is 0 Å². The quantitative estimate of drug-likeness (QED) is 0.928. The topological polar surface area (TPSA) is 55.8 Å². The molecule has 94 valence electrons. The molecule has 0 saturated carbocycles. The van der Waals surface area contributed by atoms with Crippen LogP contribution in [0.4, 0.5) is 13.2 Å². The standard InChI is InChI=1S/C9H6BrF3O4/c10-6-3-5(17-9(11,12)13)1-2-7(6)16-4-8(14)15/h1-3H,4H2,(H,14,15). The van der Waals surface area contributed by atoms with E-state index in [0.29, 0.717) is 0 Å². The maximum atomic E-state index is 11.9. The number of carbonyl (C=O) groups is 1. The molecule has 0 heterocycles. The number of carboxylic acids is 1. The molecular formula is C9H6BrF3O4. The molecule has 0 radical (unpaired) electrons. The number of benzene rings is 1. The predicted molar refractivity (Wildman–Crippen MR) is 54.0 cm³/mol. The van der Waals surface area contributed by atoms with E-state index in [0.717, 1.165) is 12.1 Å². The van der Waals surface area contributed by atoms with Crippen LogP contribution < -0.4 is 9.47 Å². The highest BCUT2D eigenvalue weighted by Crippen LogP contribution is 2.31. The molecule has 1 aromatic carbocycles. The molecule has 0 spiro atoms. The van der Waals surface area contributed by atoms with E-state index in [9.17, 15) is 18.0 Å². The summed E-state index contributed by atoms with van der Waals surface area (Å²) in [4.78, 5) is 10.2. The fraction of sp³-hybridized carbons (Fsp3) is 0.222. The summed E-state index contributed by atoms with van der Waals surface area (Å²) in [5, 5.41) is 8.36.